The lowest BCUT2D eigenvalue weighted by Gasteiger charge is -2.43. The van der Waals surface area contributed by atoms with Gasteiger partial charge in [-0.25, -0.2) is 0 Å². The molecule has 0 N–H and O–H groups in total. The second-order valence-corrected chi connectivity index (χ2v) is 8.96. The van der Waals surface area contributed by atoms with Crippen molar-refractivity contribution in [3.8, 4) is 11.5 Å². The third-order valence-corrected chi connectivity index (χ3v) is 6.25. The fraction of sp³-hybridized carbons (Fsp3) is 0.321. The van der Waals surface area contributed by atoms with Gasteiger partial charge in [0.2, 0.25) is 5.91 Å². The molecule has 0 aromatic heterocycles. The van der Waals surface area contributed by atoms with E-state index in [4.69, 9.17) is 9.47 Å². The molecule has 1 aliphatic heterocycles. The van der Waals surface area contributed by atoms with Gasteiger partial charge in [-0.05, 0) is 86.9 Å². The van der Waals surface area contributed by atoms with Gasteiger partial charge in [-0.15, -0.1) is 0 Å². The molecule has 4 heteroatoms. The van der Waals surface area contributed by atoms with Gasteiger partial charge in [-0.2, -0.15) is 0 Å². The van der Waals surface area contributed by atoms with Crippen molar-refractivity contribution >= 4 is 27.9 Å². The van der Waals surface area contributed by atoms with Gasteiger partial charge in [0.25, 0.3) is 0 Å². The minimum Gasteiger partial charge on any atom is -0.497 e. The largest absolute Gasteiger partial charge is 0.497 e. The number of hydrogen-bond acceptors (Lipinski definition) is 3. The van der Waals surface area contributed by atoms with Crippen molar-refractivity contribution in [2.75, 3.05) is 18.6 Å². The first-order valence-electron chi connectivity index (χ1n) is 11.1. The van der Waals surface area contributed by atoms with E-state index in [9.17, 15) is 4.79 Å². The molecule has 1 atom stereocenters. The van der Waals surface area contributed by atoms with Crippen LogP contribution in [0, 0.1) is 0 Å². The van der Waals surface area contributed by atoms with Gasteiger partial charge < -0.3 is 14.4 Å². The number of allylic oxidation sites excluding steroid dienone is 1. The lowest BCUT2D eigenvalue weighted by molar-refractivity contribution is -0.120. The smallest absolute Gasteiger partial charge is 0.235 e. The molecule has 32 heavy (non-hydrogen) atoms. The first-order valence-corrected chi connectivity index (χ1v) is 11.1. The van der Waals surface area contributed by atoms with Crippen LogP contribution in [0.2, 0.25) is 0 Å². The maximum Gasteiger partial charge on any atom is 0.235 e. The van der Waals surface area contributed by atoms with Crippen LogP contribution in [0.5, 0.6) is 11.5 Å². The van der Waals surface area contributed by atoms with E-state index in [1.807, 2.05) is 61.2 Å². The van der Waals surface area contributed by atoms with Crippen LogP contribution in [0.3, 0.4) is 0 Å². The van der Waals surface area contributed by atoms with E-state index in [0.29, 0.717) is 6.61 Å². The van der Waals surface area contributed by atoms with E-state index in [0.717, 1.165) is 44.7 Å². The van der Waals surface area contributed by atoms with Crippen LogP contribution >= 0.6 is 0 Å². The van der Waals surface area contributed by atoms with Crippen molar-refractivity contribution in [1.29, 1.82) is 0 Å². The second-order valence-electron chi connectivity index (χ2n) is 8.96. The van der Waals surface area contributed by atoms with Crippen molar-refractivity contribution in [3.63, 3.8) is 0 Å². The van der Waals surface area contributed by atoms with E-state index in [2.05, 4.69) is 39.0 Å². The van der Waals surface area contributed by atoms with Crippen LogP contribution in [-0.2, 0) is 4.79 Å². The molecule has 3 aromatic rings. The van der Waals surface area contributed by atoms with Crippen LogP contribution in [0.4, 0.5) is 5.69 Å². The zero-order valence-corrected chi connectivity index (χ0v) is 19.7. The molecular formula is C28H31NO3. The van der Waals surface area contributed by atoms with E-state index in [-0.39, 0.29) is 11.8 Å². The summed E-state index contributed by atoms with van der Waals surface area (Å²) in [4.78, 5) is 15.8. The molecule has 1 amide bonds. The summed E-state index contributed by atoms with van der Waals surface area (Å²) in [6.07, 6.45) is 2.17. The number of fused-ring (bicyclic) bond motifs is 2. The first kappa shape index (κ1) is 21.9. The predicted octanol–water partition coefficient (Wildman–Crippen LogP) is 6.58. The summed E-state index contributed by atoms with van der Waals surface area (Å²) < 4.78 is 11.0. The van der Waals surface area contributed by atoms with E-state index >= 15 is 0 Å². The number of ether oxygens (including phenoxy) is 2. The van der Waals surface area contributed by atoms with Crippen LogP contribution in [0.1, 0.15) is 51.7 Å². The average Bonchev–Trinajstić information content (AvgIpc) is 2.77. The Bertz CT molecular complexity index is 1210. The lowest BCUT2D eigenvalue weighted by Crippen LogP contribution is -2.50. The highest BCUT2D eigenvalue weighted by molar-refractivity contribution is 6.04. The van der Waals surface area contributed by atoms with Crippen LogP contribution < -0.4 is 14.4 Å². The van der Waals surface area contributed by atoms with Crippen molar-refractivity contribution in [1.82, 2.24) is 0 Å². The van der Waals surface area contributed by atoms with Gasteiger partial charge in [0, 0.05) is 5.56 Å². The van der Waals surface area contributed by atoms with Crippen LogP contribution in [0.15, 0.2) is 60.7 Å². The van der Waals surface area contributed by atoms with Gasteiger partial charge in [0.05, 0.1) is 30.9 Å². The zero-order valence-electron chi connectivity index (χ0n) is 19.7. The fourth-order valence-electron chi connectivity index (χ4n) is 4.64. The molecule has 0 radical (unpaired) electrons. The third-order valence-electron chi connectivity index (χ3n) is 6.25. The summed E-state index contributed by atoms with van der Waals surface area (Å²) in [5.41, 5.74) is 3.70. The summed E-state index contributed by atoms with van der Waals surface area (Å²) in [7, 11) is 1.67. The Kier molecular flexibility index (Phi) is 5.72. The summed E-state index contributed by atoms with van der Waals surface area (Å²) in [6, 6.07) is 18.2. The van der Waals surface area contributed by atoms with Crippen molar-refractivity contribution < 1.29 is 14.3 Å². The SMILES string of the molecule is CCOc1ccc2c(c1)C(C)=CC(C)(C)N2C(=O)C(C)c1ccc2cc(OC)ccc2c1. The van der Waals surface area contributed by atoms with Gasteiger partial charge in [0.15, 0.2) is 0 Å². The van der Waals surface area contributed by atoms with E-state index in [1.54, 1.807) is 7.11 Å². The quantitative estimate of drug-likeness (QED) is 0.460. The number of hydrogen-bond donors (Lipinski definition) is 0. The van der Waals surface area contributed by atoms with Gasteiger partial charge >= 0.3 is 0 Å². The number of rotatable bonds is 5. The number of carbonyl (C=O) groups excluding carboxylic acids is 1. The molecule has 166 valence electrons. The molecular weight excluding hydrogens is 398 g/mol. The van der Waals surface area contributed by atoms with Crippen molar-refractivity contribution in [3.05, 3.63) is 71.8 Å². The van der Waals surface area contributed by atoms with E-state index in [1.165, 1.54) is 0 Å². The Labute approximate surface area is 190 Å². The zero-order chi connectivity index (χ0) is 23.0. The number of amides is 1. The molecule has 1 heterocycles. The molecule has 0 spiro atoms. The first-order chi connectivity index (χ1) is 15.2. The molecule has 0 saturated carbocycles. The topological polar surface area (TPSA) is 38.8 Å². The Hall–Kier alpha value is -3.27. The van der Waals surface area contributed by atoms with Crippen LogP contribution in [-0.4, -0.2) is 25.2 Å². The maximum atomic E-state index is 13.9. The standard InChI is InChI=1S/C28H31NO3/c1-7-32-24-12-13-26-25(16-24)18(2)17-28(4,5)29(26)27(30)19(3)20-8-9-22-15-23(31-6)11-10-21(22)14-20/h8-17,19H,7H2,1-6H3. The van der Waals surface area contributed by atoms with Gasteiger partial charge in [-0.3, -0.25) is 4.79 Å². The monoisotopic (exact) mass is 429 g/mol. The number of methoxy groups -OCH3 is 1. The summed E-state index contributed by atoms with van der Waals surface area (Å²) in [5, 5.41) is 2.19. The minimum absolute atomic E-state index is 0.0806. The predicted molar refractivity (Wildman–Crippen MR) is 132 cm³/mol. The maximum absolute atomic E-state index is 13.9. The molecule has 4 rings (SSSR count). The highest BCUT2D eigenvalue weighted by Crippen LogP contribution is 2.42. The fourth-order valence-corrected chi connectivity index (χ4v) is 4.64. The molecule has 0 fully saturated rings. The Morgan fingerprint density at radius 2 is 1.69 bits per heavy atom. The van der Waals surface area contributed by atoms with E-state index < -0.39 is 5.54 Å². The van der Waals surface area contributed by atoms with Gasteiger partial charge in [0.1, 0.15) is 11.5 Å². The molecule has 0 saturated heterocycles. The average molecular weight is 430 g/mol. The number of anilines is 1. The normalized spacial score (nSPS) is 15.7. The third kappa shape index (κ3) is 3.86. The minimum atomic E-state index is -0.431. The molecule has 1 unspecified atom stereocenters. The Morgan fingerprint density at radius 3 is 2.41 bits per heavy atom. The van der Waals surface area contributed by atoms with Crippen LogP contribution in [0.25, 0.3) is 16.3 Å². The van der Waals surface area contributed by atoms with Gasteiger partial charge in [-0.1, -0.05) is 30.3 Å². The number of benzene rings is 3. The summed E-state index contributed by atoms with van der Waals surface area (Å²) in [5.74, 6) is 1.45. The molecule has 0 aliphatic carbocycles. The highest BCUT2D eigenvalue weighted by atomic mass is 16.5. The summed E-state index contributed by atoms with van der Waals surface area (Å²) >= 11 is 0. The van der Waals surface area contributed by atoms with Crippen molar-refractivity contribution in [2.45, 2.75) is 46.1 Å². The number of carbonyl (C=O) groups is 1. The highest BCUT2D eigenvalue weighted by Gasteiger charge is 2.38. The second kappa shape index (κ2) is 8.34. The Morgan fingerprint density at radius 1 is 1.00 bits per heavy atom. The lowest BCUT2D eigenvalue weighted by atomic mass is 9.86. The van der Waals surface area contributed by atoms with Crippen molar-refractivity contribution in [2.24, 2.45) is 0 Å². The molecule has 0 bridgehead atoms. The number of nitrogens with zero attached hydrogens (tertiary/aromatic N) is 1. The summed E-state index contributed by atoms with van der Waals surface area (Å²) in [6.45, 7) is 10.9. The molecule has 1 aliphatic rings. The Balaban J connectivity index is 1.72. The molecule has 4 nitrogen and oxygen atoms in total. The molecule has 3 aromatic carbocycles.